The molecular formula is C6H13F2NOS. The van der Waals surface area contributed by atoms with Gasteiger partial charge in [-0.1, -0.05) is 0 Å². The first-order valence-electron chi connectivity index (χ1n) is 3.15. The monoisotopic (exact) mass is 185 g/mol. The maximum absolute atomic E-state index is 12.2. The number of hydrogen-bond acceptors (Lipinski definition) is 1. The van der Waals surface area contributed by atoms with E-state index in [0.29, 0.717) is 4.31 Å². The standard InChI is InChI=1S/C6H13F2NOS/c1-5(2)9(6(7)8)11(3,4)10/h5-6H,3H2,1-2,4H3. The van der Waals surface area contributed by atoms with Crippen molar-refractivity contribution in [1.29, 1.82) is 0 Å². The molecule has 0 spiro atoms. The lowest BCUT2D eigenvalue weighted by Crippen LogP contribution is -2.39. The molecule has 0 saturated carbocycles. The van der Waals surface area contributed by atoms with Crippen LogP contribution in [0.2, 0.25) is 0 Å². The van der Waals surface area contributed by atoms with Crippen LogP contribution in [0, 0.1) is 0 Å². The first-order valence-corrected chi connectivity index (χ1v) is 5.25. The zero-order valence-corrected chi connectivity index (χ0v) is 7.70. The second-order valence-electron chi connectivity index (χ2n) is 2.69. The summed E-state index contributed by atoms with van der Waals surface area (Å²) in [4.78, 5) is 0. The third-order valence-electron chi connectivity index (χ3n) is 1.15. The van der Waals surface area contributed by atoms with Crippen LogP contribution in [0.25, 0.3) is 0 Å². The van der Waals surface area contributed by atoms with Crippen LogP contribution in [0.5, 0.6) is 0 Å². The second-order valence-corrected chi connectivity index (χ2v) is 5.03. The minimum absolute atomic E-state index is 0.454. The van der Waals surface area contributed by atoms with Crippen molar-refractivity contribution in [1.82, 2.24) is 4.31 Å². The molecule has 0 aliphatic heterocycles. The molecule has 11 heavy (non-hydrogen) atoms. The fourth-order valence-corrected chi connectivity index (χ4v) is 2.07. The molecule has 0 aromatic heterocycles. The Bertz CT molecular complexity index is 203. The van der Waals surface area contributed by atoms with Crippen molar-refractivity contribution in [2.75, 3.05) is 6.26 Å². The quantitative estimate of drug-likeness (QED) is 0.477. The molecule has 0 saturated heterocycles. The van der Waals surface area contributed by atoms with Gasteiger partial charge in [-0.2, -0.15) is 13.1 Å². The van der Waals surface area contributed by atoms with E-state index in [1.165, 1.54) is 6.26 Å². The summed E-state index contributed by atoms with van der Waals surface area (Å²) >= 11 is 0. The molecule has 0 fully saturated rings. The fourth-order valence-electron chi connectivity index (χ4n) is 0.840. The lowest BCUT2D eigenvalue weighted by molar-refractivity contribution is 0.0191. The summed E-state index contributed by atoms with van der Waals surface area (Å²) in [6.45, 7) is 0.408. The number of alkyl halides is 2. The summed E-state index contributed by atoms with van der Waals surface area (Å²) in [5.41, 5.74) is 0. The Hall–Kier alpha value is -0.160. The number of nitrogens with zero attached hydrogens (tertiary/aromatic N) is 1. The van der Waals surface area contributed by atoms with Gasteiger partial charge in [0.25, 0.3) is 0 Å². The normalized spacial score (nSPS) is 17.8. The molecule has 2 nitrogen and oxygen atoms in total. The van der Waals surface area contributed by atoms with Crippen LogP contribution in [-0.2, 0) is 9.71 Å². The topological polar surface area (TPSA) is 20.3 Å². The minimum atomic E-state index is -2.78. The molecule has 0 amide bonds. The fraction of sp³-hybridized carbons (Fsp3) is 0.833. The van der Waals surface area contributed by atoms with E-state index < -0.39 is 22.3 Å². The lowest BCUT2D eigenvalue weighted by Gasteiger charge is -2.25. The van der Waals surface area contributed by atoms with E-state index in [1.54, 1.807) is 13.8 Å². The largest absolute Gasteiger partial charge is 0.305 e. The first-order chi connectivity index (χ1) is 4.76. The lowest BCUT2D eigenvalue weighted by atomic mass is 10.4. The smallest absolute Gasteiger partial charge is 0.253 e. The van der Waals surface area contributed by atoms with E-state index >= 15 is 0 Å². The van der Waals surface area contributed by atoms with Gasteiger partial charge >= 0.3 is 6.55 Å². The average molecular weight is 185 g/mol. The molecule has 0 aromatic rings. The Morgan fingerprint density at radius 1 is 1.45 bits per heavy atom. The van der Waals surface area contributed by atoms with Crippen LogP contribution in [0.3, 0.4) is 0 Å². The highest BCUT2D eigenvalue weighted by atomic mass is 32.2. The predicted molar refractivity (Wildman–Crippen MR) is 44.2 cm³/mol. The Labute approximate surface area is 66.3 Å². The Morgan fingerprint density at radius 2 is 1.82 bits per heavy atom. The number of hydrogen-bond donors (Lipinski definition) is 0. The molecule has 0 aliphatic rings. The van der Waals surface area contributed by atoms with E-state index in [2.05, 4.69) is 5.87 Å². The van der Waals surface area contributed by atoms with Gasteiger partial charge in [0.1, 0.15) is 0 Å². The molecule has 0 bridgehead atoms. The van der Waals surface area contributed by atoms with Crippen molar-refractivity contribution >= 4 is 15.6 Å². The van der Waals surface area contributed by atoms with Crippen molar-refractivity contribution < 1.29 is 13.0 Å². The van der Waals surface area contributed by atoms with Crippen LogP contribution in [0.1, 0.15) is 13.8 Å². The van der Waals surface area contributed by atoms with Gasteiger partial charge in [-0.25, -0.2) is 0 Å². The molecule has 68 valence electrons. The number of rotatable bonds is 3. The van der Waals surface area contributed by atoms with E-state index in [0.717, 1.165) is 0 Å². The summed E-state index contributed by atoms with van der Waals surface area (Å²) < 4.78 is 36.0. The zero-order valence-electron chi connectivity index (χ0n) is 6.88. The summed E-state index contributed by atoms with van der Waals surface area (Å²) in [5, 5.41) is 0. The van der Waals surface area contributed by atoms with Crippen molar-refractivity contribution in [3.05, 3.63) is 0 Å². The van der Waals surface area contributed by atoms with Crippen molar-refractivity contribution in [3.8, 4) is 0 Å². The molecule has 0 aliphatic carbocycles. The molecule has 5 heteroatoms. The van der Waals surface area contributed by atoms with Crippen LogP contribution < -0.4 is 0 Å². The van der Waals surface area contributed by atoms with Gasteiger partial charge < -0.3 is 0 Å². The third-order valence-corrected chi connectivity index (χ3v) is 2.62. The van der Waals surface area contributed by atoms with Gasteiger partial charge in [0.15, 0.2) is 0 Å². The van der Waals surface area contributed by atoms with Crippen LogP contribution in [0.15, 0.2) is 0 Å². The van der Waals surface area contributed by atoms with Gasteiger partial charge in [0.2, 0.25) is 0 Å². The molecule has 1 atom stereocenters. The van der Waals surface area contributed by atoms with Gasteiger partial charge in [-0.3, -0.25) is 4.21 Å². The van der Waals surface area contributed by atoms with E-state index in [-0.39, 0.29) is 0 Å². The zero-order chi connectivity index (χ0) is 9.23. The first kappa shape index (κ1) is 10.8. The predicted octanol–water partition coefficient (Wildman–Crippen LogP) is 1.18. The van der Waals surface area contributed by atoms with Gasteiger partial charge in [0.05, 0.1) is 0 Å². The Balaban J connectivity index is 4.64. The highest BCUT2D eigenvalue weighted by Crippen LogP contribution is 2.12. The van der Waals surface area contributed by atoms with Gasteiger partial charge in [0, 0.05) is 22.0 Å². The Kier molecular flexibility index (Phi) is 3.44. The molecule has 0 rings (SSSR count). The van der Waals surface area contributed by atoms with Crippen molar-refractivity contribution in [2.24, 2.45) is 0 Å². The van der Waals surface area contributed by atoms with Crippen LogP contribution in [-0.4, -0.2) is 33.2 Å². The maximum atomic E-state index is 12.2. The summed E-state index contributed by atoms with van der Waals surface area (Å²) in [6.07, 6.45) is 1.21. The van der Waals surface area contributed by atoms with Crippen LogP contribution >= 0.6 is 0 Å². The minimum Gasteiger partial charge on any atom is -0.253 e. The average Bonchev–Trinajstić information content (AvgIpc) is 1.54. The van der Waals surface area contributed by atoms with Gasteiger partial charge in [-0.05, 0) is 19.7 Å². The highest BCUT2D eigenvalue weighted by molar-refractivity contribution is 7.97. The summed E-state index contributed by atoms with van der Waals surface area (Å²) in [7, 11) is -2.78. The van der Waals surface area contributed by atoms with Gasteiger partial charge in [-0.15, -0.1) is 0 Å². The Morgan fingerprint density at radius 3 is 1.82 bits per heavy atom. The van der Waals surface area contributed by atoms with Crippen molar-refractivity contribution in [3.63, 3.8) is 0 Å². The van der Waals surface area contributed by atoms with Crippen LogP contribution in [0.4, 0.5) is 8.78 Å². The molecule has 0 heterocycles. The highest BCUT2D eigenvalue weighted by Gasteiger charge is 2.24. The van der Waals surface area contributed by atoms with E-state index in [4.69, 9.17) is 0 Å². The van der Waals surface area contributed by atoms with E-state index in [1.807, 2.05) is 0 Å². The van der Waals surface area contributed by atoms with E-state index in [9.17, 15) is 13.0 Å². The molecule has 0 N–H and O–H groups in total. The summed E-state index contributed by atoms with van der Waals surface area (Å²) in [5.74, 6) is 3.19. The molecule has 0 radical (unpaired) electrons. The third kappa shape index (κ3) is 3.16. The summed E-state index contributed by atoms with van der Waals surface area (Å²) in [6, 6.07) is -0.454. The van der Waals surface area contributed by atoms with Crippen molar-refractivity contribution in [2.45, 2.75) is 26.4 Å². The molecule has 1 unspecified atom stereocenters. The molecule has 0 aromatic carbocycles. The second kappa shape index (κ2) is 3.49. The SMILES string of the molecule is C=S(C)(=O)N(C(C)C)C(F)F. The maximum Gasteiger partial charge on any atom is 0.305 e. The number of halogens is 2. The molecular weight excluding hydrogens is 172 g/mol.